The molecular formula is C22H30O5S. The van der Waals surface area contributed by atoms with Crippen molar-refractivity contribution in [2.24, 2.45) is 0 Å². The van der Waals surface area contributed by atoms with Crippen molar-refractivity contribution in [3.63, 3.8) is 0 Å². The minimum absolute atomic E-state index is 0.115. The Morgan fingerprint density at radius 1 is 0.857 bits per heavy atom. The fraction of sp³-hybridized carbons (Fsp3) is 0.455. The molecule has 0 fully saturated rings. The average Bonchev–Trinajstić information content (AvgIpc) is 2.66. The summed E-state index contributed by atoms with van der Waals surface area (Å²) >= 11 is 0. The second kappa shape index (κ2) is 11.1. The fourth-order valence-corrected chi connectivity index (χ4v) is 3.59. The number of hydrogen-bond donors (Lipinski definition) is 2. The molecular weight excluding hydrogens is 376 g/mol. The normalized spacial score (nSPS) is 11.5. The van der Waals surface area contributed by atoms with Crippen molar-refractivity contribution in [3.05, 3.63) is 48.0 Å². The summed E-state index contributed by atoms with van der Waals surface area (Å²) in [6, 6.07) is 10.8. The van der Waals surface area contributed by atoms with Crippen LogP contribution in [0.3, 0.4) is 0 Å². The molecule has 2 aromatic carbocycles. The first-order valence-electron chi connectivity index (χ1n) is 9.98. The van der Waals surface area contributed by atoms with Crippen molar-refractivity contribution in [1.82, 2.24) is 0 Å². The van der Waals surface area contributed by atoms with Crippen molar-refractivity contribution in [1.29, 1.82) is 0 Å². The SMILES string of the molecule is CCCCCCCCCCc1cccc(Oc2ccc(S(=O)(=O)O)cc2)c1O. The summed E-state index contributed by atoms with van der Waals surface area (Å²) in [5.41, 5.74) is 0.845. The largest absolute Gasteiger partial charge is 0.504 e. The van der Waals surface area contributed by atoms with Crippen molar-refractivity contribution in [2.45, 2.75) is 69.6 Å². The van der Waals surface area contributed by atoms with Gasteiger partial charge in [-0.3, -0.25) is 4.55 Å². The molecule has 0 spiro atoms. The topological polar surface area (TPSA) is 83.8 Å². The van der Waals surface area contributed by atoms with Crippen LogP contribution in [0, 0.1) is 0 Å². The summed E-state index contributed by atoms with van der Waals surface area (Å²) in [7, 11) is -4.23. The molecule has 0 aliphatic rings. The van der Waals surface area contributed by atoms with Gasteiger partial charge in [0.2, 0.25) is 0 Å². The van der Waals surface area contributed by atoms with Crippen LogP contribution >= 0.6 is 0 Å². The molecule has 0 aromatic heterocycles. The molecule has 28 heavy (non-hydrogen) atoms. The highest BCUT2D eigenvalue weighted by Crippen LogP contribution is 2.34. The van der Waals surface area contributed by atoms with Crippen LogP contribution in [0.5, 0.6) is 17.2 Å². The summed E-state index contributed by atoms with van der Waals surface area (Å²) in [6.45, 7) is 2.22. The quantitative estimate of drug-likeness (QED) is 0.328. The molecule has 0 saturated carbocycles. The molecule has 0 saturated heterocycles. The van der Waals surface area contributed by atoms with E-state index >= 15 is 0 Å². The number of unbranched alkanes of at least 4 members (excludes halogenated alkanes) is 7. The zero-order valence-corrected chi connectivity index (χ0v) is 17.2. The Hall–Kier alpha value is -2.05. The maximum Gasteiger partial charge on any atom is 0.294 e. The Morgan fingerprint density at radius 3 is 2.07 bits per heavy atom. The van der Waals surface area contributed by atoms with E-state index in [0.717, 1.165) is 24.8 Å². The lowest BCUT2D eigenvalue weighted by molar-refractivity contribution is 0.405. The van der Waals surface area contributed by atoms with Crippen molar-refractivity contribution in [2.75, 3.05) is 0 Å². The number of phenols is 1. The lowest BCUT2D eigenvalue weighted by Gasteiger charge is -2.11. The molecule has 154 valence electrons. The molecule has 2 aromatic rings. The molecule has 2 N–H and O–H groups in total. The highest BCUT2D eigenvalue weighted by molar-refractivity contribution is 7.85. The third kappa shape index (κ3) is 7.17. The van der Waals surface area contributed by atoms with Crippen LogP contribution in [0.2, 0.25) is 0 Å². The number of para-hydroxylation sites is 1. The molecule has 0 aliphatic heterocycles. The summed E-state index contributed by atoms with van der Waals surface area (Å²) in [4.78, 5) is -0.201. The lowest BCUT2D eigenvalue weighted by atomic mass is 10.0. The van der Waals surface area contributed by atoms with E-state index in [1.807, 2.05) is 12.1 Å². The van der Waals surface area contributed by atoms with E-state index in [9.17, 15) is 13.5 Å². The Bertz CT molecular complexity index is 829. The van der Waals surface area contributed by atoms with Gasteiger partial charge in [0.15, 0.2) is 11.5 Å². The van der Waals surface area contributed by atoms with Gasteiger partial charge in [0, 0.05) is 0 Å². The molecule has 0 aliphatic carbocycles. The highest BCUT2D eigenvalue weighted by atomic mass is 32.2. The van der Waals surface area contributed by atoms with E-state index in [1.165, 1.54) is 62.8 Å². The van der Waals surface area contributed by atoms with Gasteiger partial charge in [-0.25, -0.2) is 0 Å². The zero-order valence-electron chi connectivity index (χ0n) is 16.4. The summed E-state index contributed by atoms with van der Waals surface area (Å²) < 4.78 is 36.9. The van der Waals surface area contributed by atoms with Crippen LogP contribution in [0.15, 0.2) is 47.4 Å². The van der Waals surface area contributed by atoms with Gasteiger partial charge in [-0.2, -0.15) is 8.42 Å². The highest BCUT2D eigenvalue weighted by Gasteiger charge is 2.11. The smallest absolute Gasteiger partial charge is 0.294 e. The number of benzene rings is 2. The van der Waals surface area contributed by atoms with Crippen LogP contribution in [-0.2, 0) is 16.5 Å². The Balaban J connectivity index is 1.87. The van der Waals surface area contributed by atoms with Crippen molar-refractivity contribution >= 4 is 10.1 Å². The molecule has 0 radical (unpaired) electrons. The van der Waals surface area contributed by atoms with Crippen molar-refractivity contribution < 1.29 is 22.8 Å². The molecule has 2 rings (SSSR count). The monoisotopic (exact) mass is 406 g/mol. The predicted molar refractivity (Wildman–Crippen MR) is 111 cm³/mol. The summed E-state index contributed by atoms with van der Waals surface area (Å²) in [5, 5.41) is 10.5. The van der Waals surface area contributed by atoms with Gasteiger partial charge in [0.25, 0.3) is 10.1 Å². The first kappa shape index (κ1) is 22.2. The molecule has 0 atom stereocenters. The van der Waals surface area contributed by atoms with Crippen LogP contribution in [-0.4, -0.2) is 18.1 Å². The predicted octanol–water partition coefficient (Wildman–Crippen LogP) is 6.11. The van der Waals surface area contributed by atoms with Gasteiger partial charge in [0.05, 0.1) is 4.90 Å². The zero-order chi connectivity index (χ0) is 20.4. The second-order valence-electron chi connectivity index (χ2n) is 7.04. The summed E-state index contributed by atoms with van der Waals surface area (Å²) in [5.74, 6) is 0.827. The van der Waals surface area contributed by atoms with Crippen LogP contribution in [0.4, 0.5) is 0 Å². The Morgan fingerprint density at radius 2 is 1.46 bits per heavy atom. The van der Waals surface area contributed by atoms with Crippen molar-refractivity contribution in [3.8, 4) is 17.2 Å². The molecule has 0 unspecified atom stereocenters. The number of rotatable bonds is 12. The number of aryl methyl sites for hydroxylation is 1. The lowest BCUT2D eigenvalue weighted by Crippen LogP contribution is -1.97. The first-order chi connectivity index (χ1) is 13.4. The third-order valence-electron chi connectivity index (χ3n) is 4.73. The van der Waals surface area contributed by atoms with Gasteiger partial charge in [-0.05, 0) is 48.7 Å². The molecule has 0 amide bonds. The van der Waals surface area contributed by atoms with Crippen LogP contribution in [0.25, 0.3) is 0 Å². The maximum absolute atomic E-state index is 11.1. The van der Waals surface area contributed by atoms with Crippen LogP contribution in [0.1, 0.15) is 63.9 Å². The van der Waals surface area contributed by atoms with E-state index in [1.54, 1.807) is 6.07 Å². The van der Waals surface area contributed by atoms with Gasteiger partial charge in [0.1, 0.15) is 5.75 Å². The molecule has 5 nitrogen and oxygen atoms in total. The molecule has 0 bridgehead atoms. The Kier molecular flexibility index (Phi) is 8.80. The maximum atomic E-state index is 11.1. The van der Waals surface area contributed by atoms with E-state index in [2.05, 4.69) is 6.92 Å². The third-order valence-corrected chi connectivity index (χ3v) is 5.60. The van der Waals surface area contributed by atoms with E-state index in [0.29, 0.717) is 11.5 Å². The minimum atomic E-state index is -4.23. The number of phenolic OH excluding ortho intramolecular Hbond substituents is 1. The summed E-state index contributed by atoms with van der Waals surface area (Å²) in [6.07, 6.45) is 10.7. The van der Waals surface area contributed by atoms with E-state index in [-0.39, 0.29) is 10.6 Å². The van der Waals surface area contributed by atoms with Gasteiger partial charge in [-0.15, -0.1) is 0 Å². The van der Waals surface area contributed by atoms with Gasteiger partial charge >= 0.3 is 0 Å². The van der Waals surface area contributed by atoms with E-state index < -0.39 is 10.1 Å². The fourth-order valence-electron chi connectivity index (χ4n) is 3.11. The standard InChI is InChI=1S/C22H30O5S/c1-2-3-4-5-6-7-8-9-11-18-12-10-13-21(22(18)23)27-19-14-16-20(17-15-19)28(24,25)26/h10,12-17,23H,2-9,11H2,1H3,(H,24,25,26). The number of ether oxygens (including phenoxy) is 1. The van der Waals surface area contributed by atoms with Gasteiger partial charge in [-0.1, -0.05) is 64.0 Å². The second-order valence-corrected chi connectivity index (χ2v) is 8.46. The number of hydrogen-bond acceptors (Lipinski definition) is 4. The van der Waals surface area contributed by atoms with Gasteiger partial charge < -0.3 is 9.84 Å². The molecule has 6 heteroatoms. The Labute approximate surface area is 168 Å². The van der Waals surface area contributed by atoms with Crippen LogP contribution < -0.4 is 4.74 Å². The minimum Gasteiger partial charge on any atom is -0.504 e. The number of aromatic hydroxyl groups is 1. The first-order valence-corrected chi connectivity index (χ1v) is 11.4. The average molecular weight is 407 g/mol. The molecule has 0 heterocycles. The van der Waals surface area contributed by atoms with E-state index in [4.69, 9.17) is 9.29 Å².